The second-order valence-corrected chi connectivity index (χ2v) is 8.90. The van der Waals surface area contributed by atoms with E-state index < -0.39 is 16.8 Å². The molecule has 0 unspecified atom stereocenters. The predicted octanol–water partition coefficient (Wildman–Crippen LogP) is 5.30. The fourth-order valence-corrected chi connectivity index (χ4v) is 4.72. The van der Waals surface area contributed by atoms with Crippen molar-refractivity contribution in [2.75, 3.05) is 0 Å². The number of rotatable bonds is 6. The molecule has 2 aliphatic rings. The van der Waals surface area contributed by atoms with Crippen LogP contribution in [0.2, 0.25) is 0 Å². The fraction of sp³-hybridized carbons (Fsp3) is 0.333. The highest BCUT2D eigenvalue weighted by molar-refractivity contribution is 6.04. The molecule has 7 nitrogen and oxygen atoms in total. The summed E-state index contributed by atoms with van der Waals surface area (Å²) in [6.45, 7) is 5.57. The van der Waals surface area contributed by atoms with Gasteiger partial charge in [0.25, 0.3) is 5.69 Å². The van der Waals surface area contributed by atoms with Crippen LogP contribution in [0.3, 0.4) is 0 Å². The SMILES string of the molecule is CC[C@H](C)OC(=O)C1=C(C)NC2=C(C(=O)C[C@H](c3ccccc3)C2)[C@@H]1c1ccc([N+](=O)[O-])cc1. The molecule has 0 saturated heterocycles. The number of nitrogens with one attached hydrogen (secondary N) is 1. The van der Waals surface area contributed by atoms with Gasteiger partial charge in [0, 0.05) is 41.4 Å². The summed E-state index contributed by atoms with van der Waals surface area (Å²) in [6, 6.07) is 16.0. The van der Waals surface area contributed by atoms with Gasteiger partial charge in [0.15, 0.2) is 5.78 Å². The first-order chi connectivity index (χ1) is 16.3. The van der Waals surface area contributed by atoms with E-state index in [0.717, 1.165) is 11.3 Å². The second-order valence-electron chi connectivity index (χ2n) is 8.90. The fourth-order valence-electron chi connectivity index (χ4n) is 4.72. The van der Waals surface area contributed by atoms with Crippen LogP contribution >= 0.6 is 0 Å². The van der Waals surface area contributed by atoms with Crippen LogP contribution in [0.1, 0.15) is 63.0 Å². The number of carbonyl (C=O) groups excluding carboxylic acids is 2. The van der Waals surface area contributed by atoms with E-state index in [1.165, 1.54) is 12.1 Å². The second kappa shape index (κ2) is 9.63. The van der Waals surface area contributed by atoms with Crippen LogP contribution in [0.5, 0.6) is 0 Å². The zero-order valence-corrected chi connectivity index (χ0v) is 19.5. The summed E-state index contributed by atoms with van der Waals surface area (Å²) < 4.78 is 5.65. The zero-order chi connectivity index (χ0) is 24.4. The van der Waals surface area contributed by atoms with Crippen LogP contribution < -0.4 is 5.32 Å². The molecule has 176 valence electrons. The maximum absolute atomic E-state index is 13.5. The lowest BCUT2D eigenvalue weighted by molar-refractivity contribution is -0.384. The summed E-state index contributed by atoms with van der Waals surface area (Å²) in [5.74, 6) is -1.11. The molecule has 3 atom stereocenters. The van der Waals surface area contributed by atoms with Crippen molar-refractivity contribution in [2.45, 2.75) is 58.0 Å². The number of dihydropyridines is 1. The number of benzene rings is 2. The number of non-ortho nitro benzene ring substituents is 1. The number of nitro benzene ring substituents is 1. The van der Waals surface area contributed by atoms with Crippen molar-refractivity contribution in [1.29, 1.82) is 0 Å². The Morgan fingerprint density at radius 3 is 2.41 bits per heavy atom. The smallest absolute Gasteiger partial charge is 0.337 e. The van der Waals surface area contributed by atoms with Crippen molar-refractivity contribution < 1.29 is 19.2 Å². The first-order valence-corrected chi connectivity index (χ1v) is 11.5. The Morgan fingerprint density at radius 2 is 1.79 bits per heavy atom. The van der Waals surface area contributed by atoms with Gasteiger partial charge in [-0.2, -0.15) is 0 Å². The van der Waals surface area contributed by atoms with E-state index in [-0.39, 0.29) is 23.5 Å². The van der Waals surface area contributed by atoms with E-state index in [1.807, 2.05) is 51.1 Å². The number of carbonyl (C=O) groups is 2. The molecule has 2 aromatic carbocycles. The van der Waals surface area contributed by atoms with E-state index in [2.05, 4.69) is 5.32 Å². The van der Waals surface area contributed by atoms with E-state index in [1.54, 1.807) is 12.1 Å². The minimum absolute atomic E-state index is 0.0349. The van der Waals surface area contributed by atoms with E-state index in [9.17, 15) is 19.7 Å². The lowest BCUT2D eigenvalue weighted by atomic mass is 9.71. The Labute approximate surface area is 198 Å². The van der Waals surface area contributed by atoms with Gasteiger partial charge in [-0.25, -0.2) is 4.79 Å². The van der Waals surface area contributed by atoms with Crippen molar-refractivity contribution in [3.8, 4) is 0 Å². The Bertz CT molecular complexity index is 1180. The number of Topliss-reactive ketones (excluding diaryl/α,β-unsaturated/α-hetero) is 1. The third-order valence-electron chi connectivity index (χ3n) is 6.64. The molecule has 1 heterocycles. The summed E-state index contributed by atoms with van der Waals surface area (Å²) in [7, 11) is 0. The molecule has 0 spiro atoms. The van der Waals surface area contributed by atoms with Gasteiger partial charge in [0.05, 0.1) is 16.6 Å². The largest absolute Gasteiger partial charge is 0.459 e. The summed E-state index contributed by atoms with van der Waals surface area (Å²) >= 11 is 0. The molecule has 34 heavy (non-hydrogen) atoms. The third-order valence-corrected chi connectivity index (χ3v) is 6.64. The number of hydrogen-bond acceptors (Lipinski definition) is 6. The Morgan fingerprint density at radius 1 is 1.12 bits per heavy atom. The van der Waals surface area contributed by atoms with Gasteiger partial charge >= 0.3 is 5.97 Å². The molecular weight excluding hydrogens is 432 g/mol. The maximum atomic E-state index is 13.5. The number of hydrogen-bond donors (Lipinski definition) is 1. The predicted molar refractivity (Wildman–Crippen MR) is 128 cm³/mol. The van der Waals surface area contributed by atoms with Crippen molar-refractivity contribution in [2.24, 2.45) is 0 Å². The molecule has 1 N–H and O–H groups in total. The van der Waals surface area contributed by atoms with Crippen molar-refractivity contribution in [3.63, 3.8) is 0 Å². The number of esters is 1. The minimum atomic E-state index is -0.641. The third kappa shape index (κ3) is 4.51. The highest BCUT2D eigenvalue weighted by Gasteiger charge is 2.41. The van der Waals surface area contributed by atoms with Gasteiger partial charge in [0.2, 0.25) is 0 Å². The summed E-state index contributed by atoms with van der Waals surface area (Å²) in [5.41, 5.74) is 4.06. The number of nitrogens with zero attached hydrogens (tertiary/aromatic N) is 1. The van der Waals surface area contributed by atoms with Crippen molar-refractivity contribution in [1.82, 2.24) is 5.32 Å². The van der Waals surface area contributed by atoms with Gasteiger partial charge in [-0.3, -0.25) is 14.9 Å². The van der Waals surface area contributed by atoms with Crippen LogP contribution in [0.15, 0.2) is 77.1 Å². The molecule has 7 heteroatoms. The highest BCUT2D eigenvalue weighted by atomic mass is 16.6. The molecule has 4 rings (SSSR count). The van der Waals surface area contributed by atoms with Gasteiger partial charge in [0.1, 0.15) is 0 Å². The van der Waals surface area contributed by atoms with Gasteiger partial charge in [-0.05, 0) is 43.7 Å². The zero-order valence-electron chi connectivity index (χ0n) is 19.5. The van der Waals surface area contributed by atoms with Crippen LogP contribution in [0, 0.1) is 10.1 Å². The van der Waals surface area contributed by atoms with Crippen LogP contribution in [-0.4, -0.2) is 22.8 Å². The highest BCUT2D eigenvalue weighted by Crippen LogP contribution is 2.46. The molecule has 0 amide bonds. The van der Waals surface area contributed by atoms with Crippen LogP contribution in [0.4, 0.5) is 5.69 Å². The first kappa shape index (κ1) is 23.4. The lowest BCUT2D eigenvalue weighted by Crippen LogP contribution is -2.36. The topological polar surface area (TPSA) is 98.5 Å². The maximum Gasteiger partial charge on any atom is 0.337 e. The number of ether oxygens (including phenoxy) is 1. The summed E-state index contributed by atoms with van der Waals surface area (Å²) in [5, 5.41) is 14.5. The van der Waals surface area contributed by atoms with Gasteiger partial charge < -0.3 is 10.1 Å². The Kier molecular flexibility index (Phi) is 6.63. The van der Waals surface area contributed by atoms with Crippen LogP contribution in [0.25, 0.3) is 0 Å². The monoisotopic (exact) mass is 460 g/mol. The van der Waals surface area contributed by atoms with Crippen LogP contribution in [-0.2, 0) is 14.3 Å². The molecule has 0 radical (unpaired) electrons. The molecule has 0 bridgehead atoms. The molecular formula is C27H28N2O5. The molecule has 2 aromatic rings. The number of ketones is 1. The first-order valence-electron chi connectivity index (χ1n) is 11.5. The van der Waals surface area contributed by atoms with Gasteiger partial charge in [-0.15, -0.1) is 0 Å². The number of allylic oxidation sites excluding steroid dienone is 3. The van der Waals surface area contributed by atoms with E-state index in [4.69, 9.17) is 4.74 Å². The Balaban J connectivity index is 1.79. The molecule has 0 fully saturated rings. The normalized spacial score (nSPS) is 21.0. The summed E-state index contributed by atoms with van der Waals surface area (Å²) in [6.07, 6.45) is 1.37. The molecule has 0 saturated carbocycles. The summed E-state index contributed by atoms with van der Waals surface area (Å²) in [4.78, 5) is 37.5. The quantitative estimate of drug-likeness (QED) is 0.357. The molecule has 1 aliphatic heterocycles. The standard InChI is InChI=1S/C27H28N2O5/c1-4-16(2)34-27(31)24-17(3)28-22-14-20(18-8-6-5-7-9-18)15-23(30)26(22)25(24)19-10-12-21(13-11-19)29(32)33/h5-13,16,20,25,28H,4,14-15H2,1-3H3/t16-,20+,25+/m0/s1. The lowest BCUT2D eigenvalue weighted by Gasteiger charge is -2.37. The van der Waals surface area contributed by atoms with Gasteiger partial charge in [-0.1, -0.05) is 49.4 Å². The average Bonchev–Trinajstić information content (AvgIpc) is 2.83. The minimum Gasteiger partial charge on any atom is -0.459 e. The van der Waals surface area contributed by atoms with E-state index >= 15 is 0 Å². The van der Waals surface area contributed by atoms with Crippen molar-refractivity contribution >= 4 is 17.4 Å². The number of nitro groups is 1. The Hall–Kier alpha value is -3.74. The average molecular weight is 461 g/mol. The van der Waals surface area contributed by atoms with Crippen molar-refractivity contribution in [3.05, 3.63) is 98.4 Å². The molecule has 0 aromatic heterocycles. The van der Waals surface area contributed by atoms with E-state index in [0.29, 0.717) is 41.7 Å². The molecule has 1 aliphatic carbocycles.